The monoisotopic (exact) mass is 687 g/mol. The van der Waals surface area contributed by atoms with Crippen LogP contribution in [-0.2, 0) is 16.9 Å². The molecule has 7 N–H and O–H groups in total. The van der Waals surface area contributed by atoms with E-state index < -0.39 is 42.7 Å². The first-order valence-electron chi connectivity index (χ1n) is 15.8. The van der Waals surface area contributed by atoms with Crippen molar-refractivity contribution in [3.05, 3.63) is 77.1 Å². The van der Waals surface area contributed by atoms with Gasteiger partial charge in [-0.3, -0.25) is 4.98 Å². The summed E-state index contributed by atoms with van der Waals surface area (Å²) >= 11 is 8.21. The van der Waals surface area contributed by atoms with Crippen LogP contribution in [0.25, 0.3) is 11.1 Å². The molecule has 13 heteroatoms. The maximum atomic E-state index is 12.1. The number of halogens is 1. The second-order valence-corrected chi connectivity index (χ2v) is 13.5. The van der Waals surface area contributed by atoms with Crippen LogP contribution in [0.1, 0.15) is 43.2 Å². The van der Waals surface area contributed by atoms with E-state index in [1.54, 1.807) is 18.0 Å². The third-order valence-electron chi connectivity index (χ3n) is 8.21. The number of carbonyl (C=O) groups excluding carboxylic acids is 1. The summed E-state index contributed by atoms with van der Waals surface area (Å²) < 4.78 is 12.8. The fraction of sp³-hybridized carbons (Fsp3) is 0.471. The van der Waals surface area contributed by atoms with E-state index in [1.807, 2.05) is 48.7 Å². The highest BCUT2D eigenvalue weighted by Crippen LogP contribution is 2.53. The van der Waals surface area contributed by atoms with Crippen LogP contribution in [0.15, 0.2) is 65.8 Å². The van der Waals surface area contributed by atoms with Crippen LogP contribution in [0.4, 0.5) is 4.79 Å². The number of aromatic nitrogens is 1. The smallest absolute Gasteiger partial charge is 0.314 e. The number of hydrogen-bond acceptors (Lipinski definition) is 10. The van der Waals surface area contributed by atoms with Crippen LogP contribution < -0.4 is 15.4 Å². The lowest BCUT2D eigenvalue weighted by Crippen LogP contribution is -2.50. The summed E-state index contributed by atoms with van der Waals surface area (Å²) in [6, 6.07) is 15.5. The van der Waals surface area contributed by atoms with E-state index in [1.165, 1.54) is 0 Å². The van der Waals surface area contributed by atoms with E-state index in [0.29, 0.717) is 30.7 Å². The Morgan fingerprint density at radius 1 is 1.02 bits per heavy atom. The van der Waals surface area contributed by atoms with Crippen molar-refractivity contribution in [1.29, 1.82) is 0 Å². The van der Waals surface area contributed by atoms with Crippen molar-refractivity contribution in [1.82, 2.24) is 15.6 Å². The summed E-state index contributed by atoms with van der Waals surface area (Å²) in [5, 5.41) is 53.4. The maximum absolute atomic E-state index is 12.1. The lowest BCUT2D eigenvalue weighted by Gasteiger charge is -2.25. The average molecular weight is 688 g/mol. The third-order valence-corrected chi connectivity index (χ3v) is 9.65. The van der Waals surface area contributed by atoms with E-state index in [0.717, 1.165) is 64.3 Å². The number of aliphatic hydroxyl groups is 5. The van der Waals surface area contributed by atoms with E-state index >= 15 is 0 Å². The number of rotatable bonds is 18. The number of hydrogen-bond donors (Lipinski definition) is 7. The zero-order valence-corrected chi connectivity index (χ0v) is 27.5. The molecule has 0 spiro atoms. The van der Waals surface area contributed by atoms with Crippen molar-refractivity contribution < 1.29 is 39.8 Å². The average Bonchev–Trinajstić information content (AvgIpc) is 4.04. The van der Waals surface area contributed by atoms with Crippen LogP contribution in [0.5, 0.6) is 5.75 Å². The highest BCUT2D eigenvalue weighted by molar-refractivity contribution is 7.99. The molecule has 1 aromatic heterocycles. The number of para-hydroxylation sites is 1. The molecule has 2 aliphatic carbocycles. The lowest BCUT2D eigenvalue weighted by molar-refractivity contribution is -0.113. The number of benzene rings is 2. The highest BCUT2D eigenvalue weighted by Gasteiger charge is 2.48. The molecule has 0 unspecified atom stereocenters. The van der Waals surface area contributed by atoms with Gasteiger partial charge in [0.05, 0.1) is 31.0 Å². The summed E-state index contributed by atoms with van der Waals surface area (Å²) in [6.07, 6.45) is 1.99. The second-order valence-electron chi connectivity index (χ2n) is 11.9. The number of ether oxygens (including phenoxy) is 2. The van der Waals surface area contributed by atoms with Crippen LogP contribution in [0.2, 0.25) is 5.02 Å². The van der Waals surface area contributed by atoms with Gasteiger partial charge in [-0.1, -0.05) is 29.8 Å². The van der Waals surface area contributed by atoms with Gasteiger partial charge in [0.25, 0.3) is 0 Å². The first-order chi connectivity index (χ1) is 22.7. The topological polar surface area (TPSA) is 174 Å². The first-order valence-corrected chi connectivity index (χ1v) is 17.2. The molecule has 4 atom stereocenters. The molecule has 2 aliphatic rings. The molecule has 3 aromatic rings. The van der Waals surface area contributed by atoms with Crippen molar-refractivity contribution in [2.75, 3.05) is 25.4 Å². The molecule has 11 nitrogen and oxygen atoms in total. The van der Waals surface area contributed by atoms with Crippen molar-refractivity contribution in [3.8, 4) is 16.9 Å². The van der Waals surface area contributed by atoms with E-state index in [9.17, 15) is 25.2 Å². The molecule has 47 heavy (non-hydrogen) atoms. The van der Waals surface area contributed by atoms with Crippen molar-refractivity contribution >= 4 is 29.4 Å². The molecule has 2 saturated carbocycles. The summed E-state index contributed by atoms with van der Waals surface area (Å²) in [4.78, 5) is 17.5. The van der Waals surface area contributed by atoms with Gasteiger partial charge in [-0.25, -0.2) is 4.79 Å². The second kappa shape index (κ2) is 16.4. The Morgan fingerprint density at radius 2 is 1.79 bits per heavy atom. The van der Waals surface area contributed by atoms with Gasteiger partial charge >= 0.3 is 6.03 Å². The van der Waals surface area contributed by atoms with Crippen molar-refractivity contribution in [3.63, 3.8) is 0 Å². The summed E-state index contributed by atoms with van der Waals surface area (Å²) in [6.45, 7) is -0.405. The minimum atomic E-state index is -1.75. The maximum Gasteiger partial charge on any atom is 0.314 e. The molecule has 0 radical (unpaired) electrons. The molecule has 254 valence electrons. The lowest BCUT2D eigenvalue weighted by atomic mass is 9.96. The third kappa shape index (κ3) is 9.58. The van der Waals surface area contributed by atoms with Crippen LogP contribution >= 0.6 is 23.4 Å². The Hall–Kier alpha value is -2.94. The van der Waals surface area contributed by atoms with Gasteiger partial charge in [0, 0.05) is 46.5 Å². The first kappa shape index (κ1) is 35.4. The minimum Gasteiger partial charge on any atom is -0.490 e. The number of pyridine rings is 1. The van der Waals surface area contributed by atoms with Gasteiger partial charge in [0.15, 0.2) is 0 Å². The van der Waals surface area contributed by atoms with Gasteiger partial charge in [-0.2, -0.15) is 0 Å². The predicted octanol–water partition coefficient (Wildman–Crippen LogP) is 3.37. The van der Waals surface area contributed by atoms with Crippen molar-refractivity contribution in [2.45, 2.75) is 79.7 Å². The molecule has 0 bridgehead atoms. The molecule has 0 saturated heterocycles. The number of aliphatic hydroxyl groups excluding tert-OH is 5. The summed E-state index contributed by atoms with van der Waals surface area (Å²) in [5.41, 5.74) is 3.61. The number of nitrogens with one attached hydrogen (secondary N) is 2. The SMILES string of the molecule is O=C(NCCCSc1ccc(Cl)c(COC2(c3cnccc3-c3ccccc3OC3CC3)CC2)c1)NC[C@H](O)[C@@H](O)[C@H](O)[C@H](O)CO. The van der Waals surface area contributed by atoms with E-state index in [4.69, 9.17) is 26.2 Å². The molecule has 1 heterocycles. The number of thioether (sulfide) groups is 1. The molecular weight excluding hydrogens is 646 g/mol. The molecule has 0 aliphatic heterocycles. The summed E-state index contributed by atoms with van der Waals surface area (Å²) in [7, 11) is 0. The minimum absolute atomic E-state index is 0.291. The van der Waals surface area contributed by atoms with Gasteiger partial charge in [0.2, 0.25) is 0 Å². The predicted molar refractivity (Wildman–Crippen MR) is 178 cm³/mol. The molecule has 2 fully saturated rings. The van der Waals surface area contributed by atoms with Crippen LogP contribution in [-0.4, -0.2) is 92.5 Å². The quantitative estimate of drug-likeness (QED) is 0.0776. The largest absolute Gasteiger partial charge is 0.490 e. The van der Waals surface area contributed by atoms with Crippen LogP contribution in [0.3, 0.4) is 0 Å². The fourth-order valence-electron chi connectivity index (χ4n) is 5.13. The summed E-state index contributed by atoms with van der Waals surface area (Å²) in [5.74, 6) is 1.60. The molecule has 2 aromatic carbocycles. The van der Waals surface area contributed by atoms with E-state index in [-0.39, 0.29) is 6.54 Å². The number of urea groups is 1. The Bertz CT molecular complexity index is 1490. The van der Waals surface area contributed by atoms with Gasteiger partial charge < -0.3 is 45.6 Å². The Kier molecular flexibility index (Phi) is 12.4. The Labute approximate surface area is 283 Å². The van der Waals surface area contributed by atoms with Crippen LogP contribution in [0, 0.1) is 0 Å². The normalized spacial score (nSPS) is 17.7. The highest BCUT2D eigenvalue weighted by atomic mass is 35.5. The number of amides is 2. The standard InChI is InChI=1S/C34H42ClN3O8S/c35-27-9-8-23(47-15-3-13-37-33(44)38-18-28(40)31(42)32(43)29(41)19-39)16-21(27)20-45-34(11-12-34)26-17-36-14-10-24(26)25-4-1-2-5-30(25)46-22-6-7-22/h1-2,4-5,8-10,14,16-17,22,28-29,31-32,39-43H,3,6-7,11-13,15,18-20H2,(H2,37,38,44)/t28-,29+,31+,32+/m0/s1. The van der Waals surface area contributed by atoms with E-state index in [2.05, 4.69) is 21.7 Å². The van der Waals surface area contributed by atoms with Gasteiger partial charge in [-0.05, 0) is 79.3 Å². The van der Waals surface area contributed by atoms with Crippen molar-refractivity contribution in [2.24, 2.45) is 0 Å². The Morgan fingerprint density at radius 3 is 2.53 bits per heavy atom. The molecule has 2 amide bonds. The zero-order chi connectivity index (χ0) is 33.4. The number of nitrogens with zero attached hydrogens (tertiary/aromatic N) is 1. The fourth-order valence-corrected chi connectivity index (χ4v) is 6.22. The van der Waals surface area contributed by atoms with Gasteiger partial charge in [0.1, 0.15) is 24.1 Å². The molecule has 5 rings (SSSR count). The number of carbonyl (C=O) groups is 1. The Balaban J connectivity index is 1.09. The zero-order valence-electron chi connectivity index (χ0n) is 25.9. The molecular formula is C34H42ClN3O8S. The van der Waals surface area contributed by atoms with Gasteiger partial charge in [-0.15, -0.1) is 11.8 Å².